The van der Waals surface area contributed by atoms with Crippen LogP contribution < -0.4 is 4.74 Å². The van der Waals surface area contributed by atoms with E-state index in [0.717, 1.165) is 12.2 Å². The molecule has 1 aromatic carbocycles. The molecule has 0 aromatic heterocycles. The van der Waals surface area contributed by atoms with Crippen LogP contribution in [-0.4, -0.2) is 12.4 Å². The molecule has 2 nitrogen and oxygen atoms in total. The Morgan fingerprint density at radius 1 is 1.22 bits per heavy atom. The highest BCUT2D eigenvalue weighted by Crippen LogP contribution is 2.30. The van der Waals surface area contributed by atoms with E-state index in [1.807, 2.05) is 25.1 Å². The van der Waals surface area contributed by atoms with Gasteiger partial charge in [-0.1, -0.05) is 45.9 Å². The first-order valence-corrected chi connectivity index (χ1v) is 6.69. The summed E-state index contributed by atoms with van der Waals surface area (Å²) in [6, 6.07) is 8.13. The molecule has 0 saturated carbocycles. The third-order valence-electron chi connectivity index (χ3n) is 2.95. The lowest BCUT2D eigenvalue weighted by Crippen LogP contribution is -2.14. The first kappa shape index (κ1) is 14.7. The average Bonchev–Trinajstić information content (AvgIpc) is 2.33. The molecule has 0 heterocycles. The van der Waals surface area contributed by atoms with Crippen molar-refractivity contribution < 1.29 is 9.53 Å². The summed E-state index contributed by atoms with van der Waals surface area (Å²) in [7, 11) is 0. The van der Waals surface area contributed by atoms with Crippen LogP contribution in [0.5, 0.6) is 5.75 Å². The molecule has 0 unspecified atom stereocenters. The summed E-state index contributed by atoms with van der Waals surface area (Å²) >= 11 is 0. The van der Waals surface area contributed by atoms with Gasteiger partial charge in [-0.05, 0) is 23.5 Å². The number of para-hydroxylation sites is 1. The molecule has 0 N–H and O–H groups in total. The van der Waals surface area contributed by atoms with E-state index < -0.39 is 0 Å². The van der Waals surface area contributed by atoms with Gasteiger partial charge in [0, 0.05) is 12.8 Å². The van der Waals surface area contributed by atoms with Gasteiger partial charge in [0.2, 0.25) is 0 Å². The molecule has 0 saturated heterocycles. The van der Waals surface area contributed by atoms with E-state index in [0.29, 0.717) is 25.2 Å². The minimum absolute atomic E-state index is 0.0792. The molecule has 100 valence electrons. The highest BCUT2D eigenvalue weighted by atomic mass is 16.5. The quantitative estimate of drug-likeness (QED) is 0.708. The van der Waals surface area contributed by atoms with Crippen molar-refractivity contribution in [2.45, 2.75) is 52.4 Å². The normalized spacial score (nSPS) is 11.3. The van der Waals surface area contributed by atoms with Gasteiger partial charge in [0.1, 0.15) is 11.5 Å². The molecule has 18 heavy (non-hydrogen) atoms. The fourth-order valence-corrected chi connectivity index (χ4v) is 1.84. The second-order valence-corrected chi connectivity index (χ2v) is 5.59. The monoisotopic (exact) mass is 248 g/mol. The fraction of sp³-hybridized carbons (Fsp3) is 0.562. The van der Waals surface area contributed by atoms with Crippen LogP contribution in [0.1, 0.15) is 52.5 Å². The number of rotatable bonds is 6. The Morgan fingerprint density at radius 2 is 1.89 bits per heavy atom. The molecule has 0 radical (unpaired) electrons. The number of ketones is 1. The Hall–Kier alpha value is -1.31. The summed E-state index contributed by atoms with van der Waals surface area (Å²) in [6.45, 7) is 9.04. The molecule has 0 bridgehead atoms. The maximum Gasteiger partial charge on any atom is 0.132 e. The van der Waals surface area contributed by atoms with Crippen molar-refractivity contribution in [1.82, 2.24) is 0 Å². The highest BCUT2D eigenvalue weighted by Gasteiger charge is 2.18. The number of hydrogen-bond donors (Lipinski definition) is 0. The molecule has 2 heteroatoms. The van der Waals surface area contributed by atoms with Gasteiger partial charge < -0.3 is 4.74 Å². The van der Waals surface area contributed by atoms with Crippen LogP contribution in [0.15, 0.2) is 24.3 Å². The third-order valence-corrected chi connectivity index (χ3v) is 2.95. The number of carbonyl (C=O) groups excluding carboxylic acids is 1. The molecule has 0 spiro atoms. The topological polar surface area (TPSA) is 26.3 Å². The Kier molecular flexibility index (Phi) is 5.39. The van der Waals surface area contributed by atoms with Crippen LogP contribution in [0.4, 0.5) is 0 Å². The summed E-state index contributed by atoms with van der Waals surface area (Å²) in [5.74, 6) is 1.25. The summed E-state index contributed by atoms with van der Waals surface area (Å²) in [5.41, 5.74) is 1.29. The van der Waals surface area contributed by atoms with Crippen LogP contribution in [0.3, 0.4) is 0 Å². The van der Waals surface area contributed by atoms with Gasteiger partial charge in [-0.25, -0.2) is 0 Å². The molecular formula is C16H24O2. The van der Waals surface area contributed by atoms with E-state index in [1.165, 1.54) is 5.56 Å². The number of carbonyl (C=O) groups is 1. The molecule has 0 atom stereocenters. The maximum atomic E-state index is 11.2. The Bertz CT molecular complexity index is 388. The Labute approximate surface area is 110 Å². The van der Waals surface area contributed by atoms with Crippen molar-refractivity contribution in [2.75, 3.05) is 6.61 Å². The van der Waals surface area contributed by atoms with Gasteiger partial charge in [0.15, 0.2) is 0 Å². The van der Waals surface area contributed by atoms with Crippen LogP contribution in [0.2, 0.25) is 0 Å². The molecule has 0 aliphatic rings. The van der Waals surface area contributed by atoms with Crippen molar-refractivity contribution in [3.63, 3.8) is 0 Å². The van der Waals surface area contributed by atoms with Gasteiger partial charge in [-0.3, -0.25) is 4.79 Å². The molecule has 1 aromatic rings. The summed E-state index contributed by atoms with van der Waals surface area (Å²) in [5, 5.41) is 0. The van der Waals surface area contributed by atoms with Gasteiger partial charge in [0.25, 0.3) is 0 Å². The van der Waals surface area contributed by atoms with E-state index in [-0.39, 0.29) is 5.41 Å². The second-order valence-electron chi connectivity index (χ2n) is 5.59. The number of hydrogen-bond acceptors (Lipinski definition) is 2. The molecular weight excluding hydrogens is 224 g/mol. The van der Waals surface area contributed by atoms with E-state index in [4.69, 9.17) is 4.74 Å². The Balaban J connectivity index is 2.55. The minimum atomic E-state index is 0.0792. The standard InChI is InChI=1S/C16H24O2/c1-5-13(17)9-8-12-18-15-11-7-6-10-14(15)16(2,3)4/h6-7,10-11H,5,8-9,12H2,1-4H3. The largest absolute Gasteiger partial charge is 0.493 e. The lowest BCUT2D eigenvalue weighted by molar-refractivity contribution is -0.118. The maximum absolute atomic E-state index is 11.2. The van der Waals surface area contributed by atoms with E-state index in [2.05, 4.69) is 26.8 Å². The van der Waals surface area contributed by atoms with Gasteiger partial charge in [-0.15, -0.1) is 0 Å². The van der Waals surface area contributed by atoms with Crippen molar-refractivity contribution in [2.24, 2.45) is 0 Å². The van der Waals surface area contributed by atoms with Crippen LogP contribution in [0.25, 0.3) is 0 Å². The van der Waals surface area contributed by atoms with Crippen LogP contribution in [0, 0.1) is 0 Å². The predicted molar refractivity (Wildman–Crippen MR) is 75.2 cm³/mol. The molecule has 0 aliphatic heterocycles. The van der Waals surface area contributed by atoms with E-state index in [9.17, 15) is 4.79 Å². The minimum Gasteiger partial charge on any atom is -0.493 e. The zero-order chi connectivity index (χ0) is 13.6. The first-order valence-electron chi connectivity index (χ1n) is 6.69. The van der Waals surface area contributed by atoms with Crippen LogP contribution >= 0.6 is 0 Å². The number of benzene rings is 1. The average molecular weight is 248 g/mol. The highest BCUT2D eigenvalue weighted by molar-refractivity contribution is 5.77. The summed E-state index contributed by atoms with van der Waals surface area (Å²) in [4.78, 5) is 11.2. The van der Waals surface area contributed by atoms with Gasteiger partial charge >= 0.3 is 0 Å². The molecule has 0 aliphatic carbocycles. The number of ether oxygens (including phenoxy) is 1. The van der Waals surface area contributed by atoms with Crippen molar-refractivity contribution in [3.8, 4) is 5.75 Å². The lowest BCUT2D eigenvalue weighted by Gasteiger charge is -2.22. The smallest absolute Gasteiger partial charge is 0.132 e. The predicted octanol–water partition coefficient (Wildman–Crippen LogP) is 4.12. The summed E-state index contributed by atoms with van der Waals surface area (Å²) in [6.07, 6.45) is 2.04. The lowest BCUT2D eigenvalue weighted by atomic mass is 9.86. The zero-order valence-corrected chi connectivity index (χ0v) is 12.0. The number of Topliss-reactive ketones (excluding diaryl/α,β-unsaturated/α-hetero) is 1. The van der Waals surface area contributed by atoms with E-state index in [1.54, 1.807) is 0 Å². The zero-order valence-electron chi connectivity index (χ0n) is 12.0. The molecule has 0 fully saturated rings. The van der Waals surface area contributed by atoms with Crippen molar-refractivity contribution in [1.29, 1.82) is 0 Å². The van der Waals surface area contributed by atoms with E-state index >= 15 is 0 Å². The van der Waals surface area contributed by atoms with Gasteiger partial charge in [-0.2, -0.15) is 0 Å². The van der Waals surface area contributed by atoms with Crippen molar-refractivity contribution in [3.05, 3.63) is 29.8 Å². The second kappa shape index (κ2) is 6.58. The molecule has 0 amide bonds. The molecule has 1 rings (SSSR count). The van der Waals surface area contributed by atoms with Crippen LogP contribution in [-0.2, 0) is 10.2 Å². The first-order chi connectivity index (χ1) is 8.45. The van der Waals surface area contributed by atoms with Gasteiger partial charge in [0.05, 0.1) is 6.61 Å². The fourth-order valence-electron chi connectivity index (χ4n) is 1.84. The third kappa shape index (κ3) is 4.52. The Morgan fingerprint density at radius 3 is 2.50 bits per heavy atom. The van der Waals surface area contributed by atoms with Crippen molar-refractivity contribution >= 4 is 5.78 Å². The SMILES string of the molecule is CCC(=O)CCCOc1ccccc1C(C)(C)C. The summed E-state index contributed by atoms with van der Waals surface area (Å²) < 4.78 is 5.81.